The Kier molecular flexibility index (Phi) is 5.63. The Morgan fingerprint density at radius 2 is 1.19 bits per heavy atom. The molecule has 2 atom stereocenters. The first kappa shape index (κ1) is 17.9. The van der Waals surface area contributed by atoms with Crippen molar-refractivity contribution in [1.29, 1.82) is 5.26 Å². The summed E-state index contributed by atoms with van der Waals surface area (Å²) in [5, 5.41) is 10.1. The van der Waals surface area contributed by atoms with E-state index < -0.39 is 0 Å². The Hall–Kier alpha value is -2.47. The maximum absolute atomic E-state index is 10.1. The van der Waals surface area contributed by atoms with Gasteiger partial charge in [-0.1, -0.05) is 36.4 Å². The molecule has 4 rings (SSSR count). The molecule has 2 heterocycles. The summed E-state index contributed by atoms with van der Waals surface area (Å²) in [7, 11) is 0. The molecule has 0 spiro atoms. The van der Waals surface area contributed by atoms with Crippen molar-refractivity contribution in [3.8, 4) is 6.07 Å². The van der Waals surface area contributed by atoms with Crippen molar-refractivity contribution >= 4 is 11.4 Å². The lowest BCUT2D eigenvalue weighted by Gasteiger charge is -2.42. The van der Waals surface area contributed by atoms with Gasteiger partial charge in [-0.2, -0.15) is 5.26 Å². The minimum Gasteiger partial charge on any atom is -0.371 e. The quantitative estimate of drug-likeness (QED) is 0.773. The molecule has 2 aliphatic heterocycles. The molecule has 0 aromatic heterocycles. The summed E-state index contributed by atoms with van der Waals surface area (Å²) in [5.41, 5.74) is 2.60. The molecule has 2 fully saturated rings. The van der Waals surface area contributed by atoms with Crippen LogP contribution in [0, 0.1) is 29.1 Å². The summed E-state index contributed by atoms with van der Waals surface area (Å²) in [6, 6.07) is 24.1. The van der Waals surface area contributed by atoms with Crippen LogP contribution in [-0.4, -0.2) is 26.2 Å². The minimum absolute atomic E-state index is 0.156. The summed E-state index contributed by atoms with van der Waals surface area (Å²) in [4.78, 5) is 4.96. The van der Waals surface area contributed by atoms with Crippen LogP contribution in [0.3, 0.4) is 0 Å². The van der Waals surface area contributed by atoms with Gasteiger partial charge in [0.2, 0.25) is 0 Å². The molecule has 0 aliphatic carbocycles. The van der Waals surface area contributed by atoms with Crippen LogP contribution < -0.4 is 9.80 Å². The fraction of sp³-hybridized carbons (Fsp3) is 0.458. The topological polar surface area (TPSA) is 30.3 Å². The number of nitriles is 1. The number of benzene rings is 2. The van der Waals surface area contributed by atoms with Crippen LogP contribution >= 0.6 is 0 Å². The average Bonchev–Trinajstić information content (AvgIpc) is 2.76. The molecule has 2 aliphatic rings. The third kappa shape index (κ3) is 4.11. The van der Waals surface area contributed by atoms with Gasteiger partial charge in [0.05, 0.1) is 12.0 Å². The molecule has 140 valence electrons. The van der Waals surface area contributed by atoms with Gasteiger partial charge in [0, 0.05) is 37.6 Å². The first-order valence-corrected chi connectivity index (χ1v) is 10.3. The van der Waals surface area contributed by atoms with Gasteiger partial charge in [0.25, 0.3) is 0 Å². The molecule has 3 heteroatoms. The first-order chi connectivity index (χ1) is 13.3. The summed E-state index contributed by atoms with van der Waals surface area (Å²) in [6.07, 6.45) is 4.74. The second-order valence-electron chi connectivity index (χ2n) is 8.02. The van der Waals surface area contributed by atoms with E-state index in [0.29, 0.717) is 11.8 Å². The number of hydrogen-bond acceptors (Lipinski definition) is 3. The van der Waals surface area contributed by atoms with Gasteiger partial charge in [-0.15, -0.1) is 0 Å². The standard InChI is InChI=1S/C24H29N3/c25-17-24(20-9-7-15-26(18-20)22-11-3-1-4-12-22)21-10-8-16-27(19-21)23-13-5-2-6-14-23/h1-6,11-14,20-21,24H,7-10,15-16,18-19H2. The van der Waals surface area contributed by atoms with Gasteiger partial charge in [-0.05, 0) is 61.8 Å². The van der Waals surface area contributed by atoms with Crippen LogP contribution in [0.15, 0.2) is 60.7 Å². The SMILES string of the molecule is N#CC(C1CCCN(c2ccccc2)C1)C1CCCN(c2ccccc2)C1. The zero-order chi connectivity index (χ0) is 18.5. The zero-order valence-electron chi connectivity index (χ0n) is 16.0. The fourth-order valence-electron chi connectivity index (χ4n) is 4.95. The predicted molar refractivity (Wildman–Crippen MR) is 112 cm³/mol. The van der Waals surface area contributed by atoms with Crippen LogP contribution in [0.2, 0.25) is 0 Å². The lowest BCUT2D eigenvalue weighted by molar-refractivity contribution is 0.229. The first-order valence-electron chi connectivity index (χ1n) is 10.3. The van der Waals surface area contributed by atoms with E-state index in [2.05, 4.69) is 76.5 Å². The van der Waals surface area contributed by atoms with Gasteiger partial charge in [-0.25, -0.2) is 0 Å². The molecular formula is C24H29N3. The smallest absolute Gasteiger partial charge is 0.0663 e. The van der Waals surface area contributed by atoms with Crippen molar-refractivity contribution in [3.63, 3.8) is 0 Å². The highest BCUT2D eigenvalue weighted by Gasteiger charge is 2.35. The van der Waals surface area contributed by atoms with Crippen molar-refractivity contribution in [3.05, 3.63) is 60.7 Å². The predicted octanol–water partition coefficient (Wildman–Crippen LogP) is 4.96. The molecule has 2 aromatic carbocycles. The largest absolute Gasteiger partial charge is 0.371 e. The van der Waals surface area contributed by atoms with Crippen molar-refractivity contribution in [1.82, 2.24) is 0 Å². The molecule has 3 nitrogen and oxygen atoms in total. The Bertz CT molecular complexity index is 693. The van der Waals surface area contributed by atoms with Crippen LogP contribution in [-0.2, 0) is 0 Å². The Labute approximate surface area is 163 Å². The van der Waals surface area contributed by atoms with E-state index in [1.54, 1.807) is 0 Å². The maximum Gasteiger partial charge on any atom is 0.0663 e. The van der Waals surface area contributed by atoms with E-state index in [9.17, 15) is 5.26 Å². The van der Waals surface area contributed by atoms with Crippen LogP contribution in [0.1, 0.15) is 25.7 Å². The summed E-state index contributed by atoms with van der Waals surface area (Å²) in [5.74, 6) is 1.11. The lowest BCUT2D eigenvalue weighted by Crippen LogP contribution is -2.44. The highest BCUT2D eigenvalue weighted by atomic mass is 15.1. The average molecular weight is 360 g/mol. The second kappa shape index (κ2) is 8.48. The molecule has 0 radical (unpaired) electrons. The Morgan fingerprint density at radius 3 is 1.59 bits per heavy atom. The van der Waals surface area contributed by atoms with E-state index in [1.807, 2.05) is 0 Å². The number of rotatable bonds is 4. The van der Waals surface area contributed by atoms with E-state index in [4.69, 9.17) is 0 Å². The molecule has 0 saturated carbocycles. The van der Waals surface area contributed by atoms with Crippen LogP contribution in [0.4, 0.5) is 11.4 Å². The number of anilines is 2. The van der Waals surface area contributed by atoms with Crippen LogP contribution in [0.25, 0.3) is 0 Å². The molecule has 0 N–H and O–H groups in total. The monoisotopic (exact) mass is 359 g/mol. The molecule has 2 saturated heterocycles. The van der Waals surface area contributed by atoms with Crippen molar-refractivity contribution in [2.24, 2.45) is 17.8 Å². The normalized spacial score (nSPS) is 24.3. The third-order valence-corrected chi connectivity index (χ3v) is 6.32. The molecule has 2 unspecified atom stereocenters. The molecule has 0 bridgehead atoms. The fourth-order valence-corrected chi connectivity index (χ4v) is 4.95. The Balaban J connectivity index is 1.46. The molecular weight excluding hydrogens is 330 g/mol. The van der Waals surface area contributed by atoms with E-state index in [0.717, 1.165) is 26.2 Å². The van der Waals surface area contributed by atoms with Crippen LogP contribution in [0.5, 0.6) is 0 Å². The highest BCUT2D eigenvalue weighted by molar-refractivity contribution is 5.47. The summed E-state index contributed by atoms with van der Waals surface area (Å²) in [6.45, 7) is 4.26. The summed E-state index contributed by atoms with van der Waals surface area (Å²) >= 11 is 0. The van der Waals surface area contributed by atoms with Gasteiger partial charge in [-0.3, -0.25) is 0 Å². The van der Waals surface area contributed by atoms with Crippen molar-refractivity contribution in [2.75, 3.05) is 36.0 Å². The molecule has 0 amide bonds. The number of nitrogens with zero attached hydrogens (tertiary/aromatic N) is 3. The zero-order valence-corrected chi connectivity index (χ0v) is 16.0. The summed E-state index contributed by atoms with van der Waals surface area (Å²) < 4.78 is 0. The second-order valence-corrected chi connectivity index (χ2v) is 8.02. The van der Waals surface area contributed by atoms with Crippen molar-refractivity contribution in [2.45, 2.75) is 25.7 Å². The molecule has 27 heavy (non-hydrogen) atoms. The number of piperidine rings is 2. The van der Waals surface area contributed by atoms with E-state index in [-0.39, 0.29) is 5.92 Å². The van der Waals surface area contributed by atoms with Gasteiger partial charge in [0.15, 0.2) is 0 Å². The highest BCUT2D eigenvalue weighted by Crippen LogP contribution is 2.36. The lowest BCUT2D eigenvalue weighted by atomic mass is 9.75. The Morgan fingerprint density at radius 1 is 0.741 bits per heavy atom. The number of hydrogen-bond donors (Lipinski definition) is 0. The third-order valence-electron chi connectivity index (χ3n) is 6.32. The van der Waals surface area contributed by atoms with E-state index in [1.165, 1.54) is 37.1 Å². The molecule has 2 aromatic rings. The van der Waals surface area contributed by atoms with Gasteiger partial charge >= 0.3 is 0 Å². The minimum atomic E-state index is 0.156. The van der Waals surface area contributed by atoms with Gasteiger partial charge < -0.3 is 9.80 Å². The van der Waals surface area contributed by atoms with Gasteiger partial charge in [0.1, 0.15) is 0 Å². The van der Waals surface area contributed by atoms with Crippen molar-refractivity contribution < 1.29 is 0 Å². The maximum atomic E-state index is 10.1. The van der Waals surface area contributed by atoms with E-state index >= 15 is 0 Å². The number of para-hydroxylation sites is 2.